The van der Waals surface area contributed by atoms with Gasteiger partial charge >= 0.3 is 6.09 Å². The molecule has 8 rings (SSSR count). The average molecular weight is 753 g/mol. The molecule has 0 N–H and O–H groups in total. The molecule has 13 heteroatoms. The first-order chi connectivity index (χ1) is 25.8. The van der Waals surface area contributed by atoms with Gasteiger partial charge in [-0.05, 0) is 80.0 Å². The van der Waals surface area contributed by atoms with Crippen LogP contribution in [0.1, 0.15) is 57.5 Å². The third kappa shape index (κ3) is 6.70. The van der Waals surface area contributed by atoms with E-state index in [2.05, 4.69) is 10.6 Å². The standard InChI is InChI=1S/C41H45FN6O5S/c1-41(2,3)53-40(50)47-21-25-19-30(47)37(25)48-31(14-15-32(49)46(4)5)44-36-38(48)29-18-24(12-10-16-43)33(34(42)35(29)45-39(36)54-7)28-20-26(52-22-51-6)17-23-11-8-9-13-27(23)28/h8-9,11,13,17-18,20,25,30,37H,10,12,14-15,19,21-22H2,1-7H3. The number of halogens is 1. The number of aromatic nitrogens is 3. The van der Waals surface area contributed by atoms with Crippen molar-refractivity contribution < 1.29 is 28.2 Å². The van der Waals surface area contributed by atoms with Crippen LogP contribution < -0.4 is 4.74 Å². The van der Waals surface area contributed by atoms with Crippen molar-refractivity contribution in [2.75, 3.05) is 40.8 Å². The van der Waals surface area contributed by atoms with Crippen molar-refractivity contribution >= 4 is 56.5 Å². The van der Waals surface area contributed by atoms with Gasteiger partial charge in [-0.1, -0.05) is 24.3 Å². The first-order valence-electron chi connectivity index (χ1n) is 18.2. The Morgan fingerprint density at radius 1 is 1.09 bits per heavy atom. The number of methoxy groups -OCH3 is 1. The Morgan fingerprint density at radius 3 is 2.57 bits per heavy atom. The fraction of sp³-hybridized carbons (Fsp3) is 0.439. The van der Waals surface area contributed by atoms with E-state index in [1.165, 1.54) is 11.8 Å². The monoisotopic (exact) mass is 752 g/mol. The second kappa shape index (κ2) is 14.7. The number of hydrogen-bond donors (Lipinski definition) is 0. The summed E-state index contributed by atoms with van der Waals surface area (Å²) in [5, 5.41) is 12.6. The van der Waals surface area contributed by atoms with E-state index < -0.39 is 11.4 Å². The number of aryl methyl sites for hydroxylation is 2. The van der Waals surface area contributed by atoms with Crippen molar-refractivity contribution in [1.82, 2.24) is 24.3 Å². The van der Waals surface area contributed by atoms with Gasteiger partial charge in [-0.25, -0.2) is 19.2 Å². The smallest absolute Gasteiger partial charge is 0.410 e. The number of imidazole rings is 1. The van der Waals surface area contributed by atoms with Gasteiger partial charge in [0.1, 0.15) is 33.2 Å². The number of carbonyl (C=O) groups is 2. The largest absolute Gasteiger partial charge is 0.468 e. The predicted octanol–water partition coefficient (Wildman–Crippen LogP) is 7.91. The molecule has 11 nitrogen and oxygen atoms in total. The van der Waals surface area contributed by atoms with E-state index in [-0.39, 0.29) is 55.2 Å². The van der Waals surface area contributed by atoms with Crippen LogP contribution in [-0.2, 0) is 27.1 Å². The zero-order chi connectivity index (χ0) is 38.5. The lowest BCUT2D eigenvalue weighted by Crippen LogP contribution is -2.44. The number of nitriles is 1. The van der Waals surface area contributed by atoms with E-state index in [1.807, 2.05) is 69.5 Å². The molecule has 0 radical (unpaired) electrons. The molecular weight excluding hydrogens is 708 g/mol. The van der Waals surface area contributed by atoms with Crippen molar-refractivity contribution in [2.45, 2.75) is 75.6 Å². The first-order valence-corrected chi connectivity index (χ1v) is 19.4. The topological polar surface area (TPSA) is 123 Å². The maximum atomic E-state index is 17.7. The highest BCUT2D eigenvalue weighted by atomic mass is 32.2. The molecule has 3 aliphatic rings. The summed E-state index contributed by atoms with van der Waals surface area (Å²) in [5.74, 6) is 0.789. The van der Waals surface area contributed by atoms with Crippen molar-refractivity contribution in [3.63, 3.8) is 0 Å². The number of hydrogen-bond acceptors (Lipinski definition) is 9. The summed E-state index contributed by atoms with van der Waals surface area (Å²) in [5.41, 5.74) is 2.51. The van der Waals surface area contributed by atoms with Crippen LogP contribution in [0.3, 0.4) is 0 Å². The molecule has 2 saturated heterocycles. The van der Waals surface area contributed by atoms with Gasteiger partial charge in [-0.15, -0.1) is 11.8 Å². The third-order valence-electron chi connectivity index (χ3n) is 10.4. The van der Waals surface area contributed by atoms with Crippen LogP contribution in [-0.4, -0.2) is 88.8 Å². The Kier molecular flexibility index (Phi) is 10.2. The minimum atomic E-state index is -0.649. The number of fused-ring (bicyclic) bond motifs is 5. The molecule has 3 unspecified atom stereocenters. The molecular formula is C41H45FN6O5S. The molecule has 2 aliphatic heterocycles. The van der Waals surface area contributed by atoms with Crippen molar-refractivity contribution in [3.8, 4) is 22.9 Å². The van der Waals surface area contributed by atoms with E-state index in [4.69, 9.17) is 24.2 Å². The molecule has 2 bridgehead atoms. The van der Waals surface area contributed by atoms with Gasteiger partial charge in [0.2, 0.25) is 5.91 Å². The van der Waals surface area contributed by atoms with Gasteiger partial charge < -0.3 is 28.6 Å². The van der Waals surface area contributed by atoms with Gasteiger partial charge in [0, 0.05) is 63.9 Å². The summed E-state index contributed by atoms with van der Waals surface area (Å²) in [7, 11) is 5.00. The maximum Gasteiger partial charge on any atom is 0.410 e. The number of nitrogens with zero attached hydrogens (tertiary/aromatic N) is 6. The predicted molar refractivity (Wildman–Crippen MR) is 207 cm³/mol. The van der Waals surface area contributed by atoms with E-state index in [9.17, 15) is 14.9 Å². The van der Waals surface area contributed by atoms with Crippen molar-refractivity contribution in [2.24, 2.45) is 5.92 Å². The summed E-state index contributed by atoms with van der Waals surface area (Å²) in [6.45, 7) is 6.12. The highest BCUT2D eigenvalue weighted by molar-refractivity contribution is 7.98. The Balaban J connectivity index is 1.49. The van der Waals surface area contributed by atoms with Gasteiger partial charge in [-0.3, -0.25) is 4.79 Å². The highest BCUT2D eigenvalue weighted by Gasteiger charge is 2.56. The Morgan fingerprint density at radius 2 is 1.87 bits per heavy atom. The number of amides is 2. The lowest BCUT2D eigenvalue weighted by Gasteiger charge is -2.39. The number of carbonyl (C=O) groups excluding carboxylic acids is 2. The number of pyridine rings is 1. The Hall–Kier alpha value is -4.93. The second-order valence-corrected chi connectivity index (χ2v) is 16.0. The summed E-state index contributed by atoms with van der Waals surface area (Å²) in [4.78, 5) is 39.8. The lowest BCUT2D eigenvalue weighted by atomic mass is 9.79. The summed E-state index contributed by atoms with van der Waals surface area (Å²) < 4.78 is 36.7. The van der Waals surface area contributed by atoms with Crippen LogP contribution in [0, 0.1) is 23.1 Å². The molecule has 1 saturated carbocycles. The maximum absolute atomic E-state index is 17.7. The molecule has 2 amide bonds. The van der Waals surface area contributed by atoms with Crippen LogP contribution >= 0.6 is 11.8 Å². The normalized spacial score (nSPS) is 17.9. The van der Waals surface area contributed by atoms with Gasteiger partial charge in [0.05, 0.1) is 23.7 Å². The molecule has 4 heterocycles. The van der Waals surface area contributed by atoms with Gasteiger partial charge in [-0.2, -0.15) is 5.26 Å². The average Bonchev–Trinajstić information content (AvgIpc) is 3.84. The molecule has 5 aromatic rings. The summed E-state index contributed by atoms with van der Waals surface area (Å²) in [6, 6.07) is 15.3. The van der Waals surface area contributed by atoms with Gasteiger partial charge in [0.15, 0.2) is 12.6 Å². The molecule has 54 heavy (non-hydrogen) atoms. The van der Waals surface area contributed by atoms with Crippen LogP contribution in [0.5, 0.6) is 5.75 Å². The third-order valence-corrected chi connectivity index (χ3v) is 11.0. The van der Waals surface area contributed by atoms with Crippen LogP contribution in [0.4, 0.5) is 9.18 Å². The number of thioether (sulfide) groups is 1. The van der Waals surface area contributed by atoms with Crippen LogP contribution in [0.2, 0.25) is 0 Å². The SMILES string of the molecule is COCOc1cc(-c2c(CCC#N)cc3c(nc(SC)c4nc(CCC(=O)N(C)C)n(C5C6CC5N(C(=O)OC(C)(C)C)C6)c43)c2F)c2ccccc2c1. The molecule has 3 aromatic carbocycles. The number of ether oxygens (including phenoxy) is 3. The number of rotatable bonds is 11. The minimum Gasteiger partial charge on any atom is -0.468 e. The zero-order valence-corrected chi connectivity index (χ0v) is 32.6. The first kappa shape index (κ1) is 37.4. The molecule has 2 aromatic heterocycles. The van der Waals surface area contributed by atoms with Gasteiger partial charge in [0.25, 0.3) is 0 Å². The van der Waals surface area contributed by atoms with E-state index in [1.54, 1.807) is 31.0 Å². The molecule has 1 aliphatic carbocycles. The number of benzene rings is 3. The summed E-state index contributed by atoms with van der Waals surface area (Å²) in [6.07, 6.45) is 3.38. The van der Waals surface area contributed by atoms with Crippen molar-refractivity contribution in [1.29, 1.82) is 5.26 Å². The van der Waals surface area contributed by atoms with Crippen LogP contribution in [0.25, 0.3) is 43.8 Å². The second-order valence-electron chi connectivity index (χ2n) is 15.2. The molecule has 3 fully saturated rings. The van der Waals surface area contributed by atoms with E-state index in [0.717, 1.165) is 17.2 Å². The van der Waals surface area contributed by atoms with Crippen LogP contribution in [0.15, 0.2) is 47.5 Å². The summed E-state index contributed by atoms with van der Waals surface area (Å²) >= 11 is 1.38. The quantitative estimate of drug-likeness (QED) is 0.0979. The van der Waals surface area contributed by atoms with E-state index in [0.29, 0.717) is 69.1 Å². The zero-order valence-electron chi connectivity index (χ0n) is 31.7. The van der Waals surface area contributed by atoms with E-state index >= 15 is 4.39 Å². The highest BCUT2D eigenvalue weighted by Crippen LogP contribution is 2.53. The Bertz CT molecular complexity index is 2330. The van der Waals surface area contributed by atoms with Crippen molar-refractivity contribution in [3.05, 3.63) is 59.7 Å². The molecule has 282 valence electrons. The fourth-order valence-electron chi connectivity index (χ4n) is 7.99. The minimum absolute atomic E-state index is 0.0247. The molecule has 0 spiro atoms. The fourth-order valence-corrected chi connectivity index (χ4v) is 8.50. The Labute approximate surface area is 318 Å². The lowest BCUT2D eigenvalue weighted by molar-refractivity contribution is -0.128. The molecule has 3 atom stereocenters.